The van der Waals surface area contributed by atoms with Gasteiger partial charge in [-0.2, -0.15) is 0 Å². The molecule has 1 heterocycles. The van der Waals surface area contributed by atoms with Gasteiger partial charge in [0.1, 0.15) is 11.6 Å². The van der Waals surface area contributed by atoms with Gasteiger partial charge in [-0.15, -0.1) is 11.8 Å². The number of hydrazine groups is 1. The molecular weight excluding hydrogens is 246 g/mol. The van der Waals surface area contributed by atoms with Gasteiger partial charge in [-0.05, 0) is 24.3 Å². The van der Waals surface area contributed by atoms with Gasteiger partial charge in [0.15, 0.2) is 0 Å². The molecule has 0 atom stereocenters. The number of anilines is 1. The first-order valence-electron chi connectivity index (χ1n) is 5.52. The predicted molar refractivity (Wildman–Crippen MR) is 74.6 cm³/mol. The lowest BCUT2D eigenvalue weighted by Crippen LogP contribution is -2.08. The predicted octanol–water partition coefficient (Wildman–Crippen LogP) is 2.67. The summed E-state index contributed by atoms with van der Waals surface area (Å²) in [4.78, 5) is 5.47. The van der Waals surface area contributed by atoms with Crippen LogP contribution in [0, 0.1) is 0 Å². The van der Waals surface area contributed by atoms with Crippen molar-refractivity contribution in [3.8, 4) is 5.75 Å². The van der Waals surface area contributed by atoms with Crippen LogP contribution < -0.4 is 16.0 Å². The first-order valence-corrected chi connectivity index (χ1v) is 6.50. The Morgan fingerprint density at radius 1 is 1.22 bits per heavy atom. The lowest BCUT2D eigenvalue weighted by atomic mass is 10.3. The number of pyridine rings is 1. The zero-order valence-electron chi connectivity index (χ0n) is 10.1. The Morgan fingerprint density at radius 2 is 2.06 bits per heavy atom. The van der Waals surface area contributed by atoms with Crippen molar-refractivity contribution in [2.75, 3.05) is 12.5 Å². The maximum atomic E-state index is 5.33. The monoisotopic (exact) mass is 261 g/mol. The molecule has 1 aromatic heterocycles. The Balaban J connectivity index is 2.06. The molecule has 0 spiro atoms. The Bertz CT molecular complexity index is 519. The van der Waals surface area contributed by atoms with Crippen molar-refractivity contribution in [3.05, 3.63) is 48.2 Å². The molecule has 0 bridgehead atoms. The average molecular weight is 261 g/mol. The summed E-state index contributed by atoms with van der Waals surface area (Å²) in [6, 6.07) is 13.7. The van der Waals surface area contributed by atoms with Gasteiger partial charge in [0.05, 0.1) is 12.8 Å². The summed E-state index contributed by atoms with van der Waals surface area (Å²) in [5.74, 6) is 7.67. The Hall–Kier alpha value is -1.72. The number of hydrogen-bond donors (Lipinski definition) is 2. The van der Waals surface area contributed by atoms with Crippen molar-refractivity contribution in [1.29, 1.82) is 0 Å². The highest BCUT2D eigenvalue weighted by molar-refractivity contribution is 7.98. The molecule has 0 saturated heterocycles. The van der Waals surface area contributed by atoms with E-state index in [2.05, 4.69) is 10.4 Å². The molecule has 2 rings (SSSR count). The summed E-state index contributed by atoms with van der Waals surface area (Å²) in [5, 5.41) is 0. The zero-order valence-corrected chi connectivity index (χ0v) is 10.9. The van der Waals surface area contributed by atoms with Crippen LogP contribution >= 0.6 is 11.8 Å². The quantitative estimate of drug-likeness (QED) is 0.492. The minimum Gasteiger partial charge on any atom is -0.496 e. The summed E-state index contributed by atoms with van der Waals surface area (Å²) in [5.41, 5.74) is 3.52. The molecule has 0 aliphatic carbocycles. The lowest BCUT2D eigenvalue weighted by molar-refractivity contribution is 0.405. The molecule has 0 aliphatic heterocycles. The molecular formula is C13H15N3OS. The molecule has 2 aromatic rings. The van der Waals surface area contributed by atoms with Gasteiger partial charge in [0.2, 0.25) is 0 Å². The number of nitrogens with zero attached hydrogens (tertiary/aromatic N) is 1. The van der Waals surface area contributed by atoms with E-state index in [1.165, 1.54) is 0 Å². The van der Waals surface area contributed by atoms with Gasteiger partial charge in [-0.25, -0.2) is 10.8 Å². The van der Waals surface area contributed by atoms with Gasteiger partial charge >= 0.3 is 0 Å². The van der Waals surface area contributed by atoms with Crippen molar-refractivity contribution < 1.29 is 4.74 Å². The number of nitrogens with two attached hydrogens (primary N) is 1. The molecule has 0 aliphatic rings. The third-order valence-corrected chi connectivity index (χ3v) is 3.49. The smallest absolute Gasteiger partial charge is 0.140 e. The molecule has 1 aromatic carbocycles. The van der Waals surface area contributed by atoms with E-state index in [-0.39, 0.29) is 0 Å². The largest absolute Gasteiger partial charge is 0.496 e. The van der Waals surface area contributed by atoms with Crippen LogP contribution in [0.3, 0.4) is 0 Å². The maximum Gasteiger partial charge on any atom is 0.140 e. The third kappa shape index (κ3) is 3.15. The summed E-state index contributed by atoms with van der Waals surface area (Å²) >= 11 is 1.69. The maximum absolute atomic E-state index is 5.33. The minimum atomic E-state index is 0.674. The standard InChI is InChI=1S/C13H15N3OS/c1-17-11-6-2-3-7-12(11)18-9-10-5-4-8-13(15-10)16-14/h2-8H,9,14H2,1H3,(H,15,16). The fourth-order valence-electron chi connectivity index (χ4n) is 1.53. The van der Waals surface area contributed by atoms with E-state index in [9.17, 15) is 0 Å². The summed E-state index contributed by atoms with van der Waals surface area (Å²) < 4.78 is 5.31. The highest BCUT2D eigenvalue weighted by Gasteiger charge is 2.03. The van der Waals surface area contributed by atoms with E-state index in [1.54, 1.807) is 18.9 Å². The van der Waals surface area contributed by atoms with Crippen LogP contribution in [0.5, 0.6) is 5.75 Å². The van der Waals surface area contributed by atoms with E-state index in [4.69, 9.17) is 10.6 Å². The highest BCUT2D eigenvalue weighted by atomic mass is 32.2. The van der Waals surface area contributed by atoms with Crippen molar-refractivity contribution in [3.63, 3.8) is 0 Å². The summed E-state index contributed by atoms with van der Waals surface area (Å²) in [6.45, 7) is 0. The number of rotatable bonds is 5. The van der Waals surface area contributed by atoms with E-state index in [0.29, 0.717) is 5.82 Å². The second-order valence-electron chi connectivity index (χ2n) is 3.60. The molecule has 3 N–H and O–H groups in total. The Morgan fingerprint density at radius 3 is 2.83 bits per heavy atom. The Labute approximate surface area is 111 Å². The third-order valence-electron chi connectivity index (χ3n) is 2.40. The number of ether oxygens (including phenoxy) is 1. The molecule has 0 radical (unpaired) electrons. The zero-order chi connectivity index (χ0) is 12.8. The average Bonchev–Trinajstić information content (AvgIpc) is 2.45. The summed E-state index contributed by atoms with van der Waals surface area (Å²) in [6.07, 6.45) is 0. The van der Waals surface area contributed by atoms with Crippen LogP contribution in [0.2, 0.25) is 0 Å². The van der Waals surface area contributed by atoms with Crippen LogP contribution in [0.4, 0.5) is 5.82 Å². The van der Waals surface area contributed by atoms with Gasteiger partial charge < -0.3 is 10.2 Å². The number of nitrogens with one attached hydrogen (secondary N) is 1. The number of hydrogen-bond acceptors (Lipinski definition) is 5. The molecule has 0 unspecified atom stereocenters. The molecule has 18 heavy (non-hydrogen) atoms. The number of benzene rings is 1. The van der Waals surface area contributed by atoms with Crippen LogP contribution in [0.1, 0.15) is 5.69 Å². The van der Waals surface area contributed by atoms with Crippen LogP contribution in [0.25, 0.3) is 0 Å². The van der Waals surface area contributed by atoms with E-state index in [1.807, 2.05) is 42.5 Å². The van der Waals surface area contributed by atoms with Crippen molar-refractivity contribution in [2.24, 2.45) is 5.84 Å². The van der Waals surface area contributed by atoms with Gasteiger partial charge in [-0.3, -0.25) is 0 Å². The lowest BCUT2D eigenvalue weighted by Gasteiger charge is -2.07. The molecule has 0 amide bonds. The van der Waals surface area contributed by atoms with Crippen LogP contribution in [-0.4, -0.2) is 12.1 Å². The molecule has 4 nitrogen and oxygen atoms in total. The van der Waals surface area contributed by atoms with Crippen LogP contribution in [-0.2, 0) is 5.75 Å². The Kier molecular flexibility index (Phi) is 4.44. The molecule has 0 fully saturated rings. The second kappa shape index (κ2) is 6.28. The van der Waals surface area contributed by atoms with Crippen molar-refractivity contribution >= 4 is 17.6 Å². The normalized spacial score (nSPS) is 10.1. The first-order chi connectivity index (χ1) is 8.83. The fraction of sp³-hybridized carbons (Fsp3) is 0.154. The minimum absolute atomic E-state index is 0.674. The number of nitrogen functional groups attached to an aromatic ring is 1. The topological polar surface area (TPSA) is 60.2 Å². The summed E-state index contributed by atoms with van der Waals surface area (Å²) in [7, 11) is 1.68. The van der Waals surface area contributed by atoms with Gasteiger partial charge in [0, 0.05) is 10.6 Å². The van der Waals surface area contributed by atoms with E-state index >= 15 is 0 Å². The van der Waals surface area contributed by atoms with E-state index < -0.39 is 0 Å². The van der Waals surface area contributed by atoms with Crippen molar-refractivity contribution in [1.82, 2.24) is 4.98 Å². The highest BCUT2D eigenvalue weighted by Crippen LogP contribution is 2.30. The SMILES string of the molecule is COc1ccccc1SCc1cccc(NN)n1. The second-order valence-corrected chi connectivity index (χ2v) is 4.62. The molecule has 5 heteroatoms. The van der Waals surface area contributed by atoms with Gasteiger partial charge in [-0.1, -0.05) is 18.2 Å². The van der Waals surface area contributed by atoms with Gasteiger partial charge in [0.25, 0.3) is 0 Å². The number of para-hydroxylation sites is 1. The molecule has 0 saturated carbocycles. The number of methoxy groups -OCH3 is 1. The van der Waals surface area contributed by atoms with Crippen molar-refractivity contribution in [2.45, 2.75) is 10.6 Å². The van der Waals surface area contributed by atoms with E-state index in [0.717, 1.165) is 22.1 Å². The first kappa shape index (κ1) is 12.7. The fourth-order valence-corrected chi connectivity index (χ4v) is 2.46. The molecule has 94 valence electrons. The number of thioether (sulfide) groups is 1. The van der Waals surface area contributed by atoms with Crippen LogP contribution in [0.15, 0.2) is 47.4 Å². The number of aromatic nitrogens is 1.